The zero-order valence-corrected chi connectivity index (χ0v) is 18.7. The lowest BCUT2D eigenvalue weighted by molar-refractivity contribution is 0.355. The molecule has 1 aromatic carbocycles. The molecule has 3 N–H and O–H groups in total. The molecule has 4 rings (SSSR count). The van der Waals surface area contributed by atoms with Crippen LogP contribution in [-0.2, 0) is 0 Å². The fraction of sp³-hybridized carbons (Fsp3) is 0.409. The van der Waals surface area contributed by atoms with Crippen LogP contribution in [-0.4, -0.2) is 48.8 Å². The number of hydrogen-bond acceptors (Lipinski definition) is 9. The van der Waals surface area contributed by atoms with Crippen molar-refractivity contribution in [2.75, 3.05) is 38.8 Å². The first kappa shape index (κ1) is 21.6. The van der Waals surface area contributed by atoms with E-state index in [1.165, 1.54) is 12.1 Å². The fourth-order valence-corrected chi connectivity index (χ4v) is 4.28. The summed E-state index contributed by atoms with van der Waals surface area (Å²) in [6.07, 6.45) is 5.13. The van der Waals surface area contributed by atoms with Gasteiger partial charge >= 0.3 is 0 Å². The molecular formula is C22H28N6O2S. The Kier molecular flexibility index (Phi) is 7.06. The van der Waals surface area contributed by atoms with Crippen molar-refractivity contribution in [3.05, 3.63) is 36.5 Å². The Morgan fingerprint density at radius 1 is 1.13 bits per heavy atom. The molecule has 0 radical (unpaired) electrons. The van der Waals surface area contributed by atoms with Crippen LogP contribution in [0.5, 0.6) is 11.5 Å². The van der Waals surface area contributed by atoms with Gasteiger partial charge in [-0.2, -0.15) is 0 Å². The van der Waals surface area contributed by atoms with Crippen LogP contribution < -0.4 is 24.2 Å². The third-order valence-corrected chi connectivity index (χ3v) is 6.10. The first-order chi connectivity index (χ1) is 15.2. The van der Waals surface area contributed by atoms with E-state index < -0.39 is 0 Å². The molecule has 164 valence electrons. The van der Waals surface area contributed by atoms with Gasteiger partial charge in [0.25, 0.3) is 0 Å². The minimum absolute atomic E-state index is 0.613. The van der Waals surface area contributed by atoms with Crippen LogP contribution in [0.1, 0.15) is 19.3 Å². The van der Waals surface area contributed by atoms with Crippen molar-refractivity contribution in [3.63, 3.8) is 0 Å². The van der Waals surface area contributed by atoms with Crippen molar-refractivity contribution >= 4 is 28.9 Å². The molecule has 0 amide bonds. The molecule has 3 aromatic rings. The normalized spacial score (nSPS) is 14.7. The van der Waals surface area contributed by atoms with Gasteiger partial charge in [-0.15, -0.1) is 0 Å². The molecule has 31 heavy (non-hydrogen) atoms. The molecular weight excluding hydrogens is 412 g/mol. The van der Waals surface area contributed by atoms with E-state index in [9.17, 15) is 0 Å². The SMILES string of the molecule is COc1cc2nc(-c3ccccn3)nc(N3CCC(CCNSN)CC3)c2cc1OC. The highest BCUT2D eigenvalue weighted by molar-refractivity contribution is 7.95. The summed E-state index contributed by atoms with van der Waals surface area (Å²) < 4.78 is 14.2. The number of benzene rings is 1. The van der Waals surface area contributed by atoms with Crippen LogP contribution in [0.3, 0.4) is 0 Å². The Bertz CT molecular complexity index is 1010. The van der Waals surface area contributed by atoms with Gasteiger partial charge in [0.1, 0.15) is 11.5 Å². The number of fused-ring (bicyclic) bond motifs is 1. The summed E-state index contributed by atoms with van der Waals surface area (Å²) in [5.41, 5.74) is 1.57. The Labute approximate surface area is 186 Å². The Morgan fingerprint density at radius 2 is 1.90 bits per heavy atom. The zero-order chi connectivity index (χ0) is 21.6. The van der Waals surface area contributed by atoms with Crippen molar-refractivity contribution in [1.29, 1.82) is 0 Å². The highest BCUT2D eigenvalue weighted by Gasteiger charge is 2.24. The van der Waals surface area contributed by atoms with Crippen molar-refractivity contribution in [3.8, 4) is 23.0 Å². The molecule has 1 saturated heterocycles. The summed E-state index contributed by atoms with van der Waals surface area (Å²) in [5.74, 6) is 3.54. The Morgan fingerprint density at radius 3 is 2.58 bits per heavy atom. The van der Waals surface area contributed by atoms with E-state index in [-0.39, 0.29) is 0 Å². The van der Waals surface area contributed by atoms with E-state index in [4.69, 9.17) is 24.6 Å². The highest BCUT2D eigenvalue weighted by Crippen LogP contribution is 2.37. The standard InChI is InChI=1S/C22H28N6O2S/c1-29-19-13-16-18(14-20(19)30-2)26-21(17-5-3-4-9-24-17)27-22(16)28-11-7-15(8-12-28)6-10-25-31-23/h3-5,9,13-15,25H,6-8,10-12,23H2,1-2H3. The van der Waals surface area contributed by atoms with Crippen LogP contribution in [0.4, 0.5) is 5.82 Å². The van der Waals surface area contributed by atoms with E-state index in [0.29, 0.717) is 23.2 Å². The molecule has 1 aliphatic heterocycles. The second-order valence-corrected chi connectivity index (χ2v) is 8.07. The maximum absolute atomic E-state index is 5.54. The van der Waals surface area contributed by atoms with Gasteiger partial charge in [0.2, 0.25) is 0 Å². The average Bonchev–Trinajstić information content (AvgIpc) is 2.83. The number of pyridine rings is 1. The number of ether oxygens (including phenoxy) is 2. The van der Waals surface area contributed by atoms with Gasteiger partial charge in [-0.05, 0) is 43.4 Å². The zero-order valence-electron chi connectivity index (χ0n) is 17.9. The topological polar surface area (TPSA) is 98.4 Å². The van der Waals surface area contributed by atoms with Crippen molar-refractivity contribution in [1.82, 2.24) is 19.7 Å². The quantitative estimate of drug-likeness (QED) is 0.403. The van der Waals surface area contributed by atoms with Crippen molar-refractivity contribution < 1.29 is 9.47 Å². The number of aromatic nitrogens is 3. The summed E-state index contributed by atoms with van der Waals surface area (Å²) >= 11 is 1.19. The third-order valence-electron chi connectivity index (χ3n) is 5.73. The van der Waals surface area contributed by atoms with Crippen LogP contribution in [0, 0.1) is 5.92 Å². The molecule has 0 saturated carbocycles. The number of nitrogens with zero attached hydrogens (tertiary/aromatic N) is 4. The van der Waals surface area contributed by atoms with Crippen LogP contribution in [0.25, 0.3) is 22.4 Å². The fourth-order valence-electron chi connectivity index (χ4n) is 4.05. The third kappa shape index (κ3) is 4.84. The highest BCUT2D eigenvalue weighted by atomic mass is 32.2. The smallest absolute Gasteiger partial charge is 0.180 e. The van der Waals surface area contributed by atoms with E-state index in [1.54, 1.807) is 20.4 Å². The lowest BCUT2D eigenvalue weighted by Gasteiger charge is -2.33. The minimum Gasteiger partial charge on any atom is -0.493 e. The molecule has 0 spiro atoms. The molecule has 1 fully saturated rings. The van der Waals surface area contributed by atoms with Crippen LogP contribution >= 0.6 is 12.1 Å². The molecule has 0 atom stereocenters. The first-order valence-corrected chi connectivity index (χ1v) is 11.3. The number of anilines is 1. The summed E-state index contributed by atoms with van der Waals surface area (Å²) in [7, 11) is 3.28. The molecule has 9 heteroatoms. The minimum atomic E-state index is 0.613. The van der Waals surface area contributed by atoms with Crippen LogP contribution in [0.15, 0.2) is 36.5 Å². The molecule has 1 aliphatic rings. The number of methoxy groups -OCH3 is 2. The summed E-state index contributed by atoms with van der Waals surface area (Å²) in [6.45, 7) is 2.83. The largest absolute Gasteiger partial charge is 0.493 e. The predicted octanol–water partition coefficient (Wildman–Crippen LogP) is 3.43. The van der Waals surface area contributed by atoms with Gasteiger partial charge in [0.05, 0.1) is 19.7 Å². The average molecular weight is 441 g/mol. The number of nitrogens with one attached hydrogen (secondary N) is 1. The van der Waals surface area contributed by atoms with E-state index >= 15 is 0 Å². The molecule has 0 unspecified atom stereocenters. The second-order valence-electron chi connectivity index (χ2n) is 7.54. The van der Waals surface area contributed by atoms with Gasteiger partial charge < -0.3 is 14.4 Å². The predicted molar refractivity (Wildman–Crippen MR) is 125 cm³/mol. The summed E-state index contributed by atoms with van der Waals surface area (Å²) in [6, 6.07) is 9.65. The number of nitrogens with two attached hydrogens (primary N) is 1. The van der Waals surface area contributed by atoms with Gasteiger partial charge in [0.15, 0.2) is 17.3 Å². The number of hydrogen-bond donors (Lipinski definition) is 2. The lowest BCUT2D eigenvalue weighted by atomic mass is 9.93. The van der Waals surface area contributed by atoms with Crippen LogP contribution in [0.2, 0.25) is 0 Å². The second kappa shape index (κ2) is 10.1. The maximum atomic E-state index is 5.54. The molecule has 0 aliphatic carbocycles. The van der Waals surface area contributed by atoms with E-state index in [1.807, 2.05) is 30.3 Å². The monoisotopic (exact) mass is 440 g/mol. The first-order valence-electron chi connectivity index (χ1n) is 10.4. The number of piperidine rings is 1. The maximum Gasteiger partial charge on any atom is 0.180 e. The van der Waals surface area contributed by atoms with Crippen molar-refractivity contribution in [2.45, 2.75) is 19.3 Å². The molecule has 8 nitrogen and oxygen atoms in total. The van der Waals surface area contributed by atoms with Gasteiger partial charge in [0, 0.05) is 49.4 Å². The summed E-state index contributed by atoms with van der Waals surface area (Å²) in [4.78, 5) is 16.5. The van der Waals surface area contributed by atoms with E-state index in [2.05, 4.69) is 14.6 Å². The number of rotatable bonds is 8. The molecule has 2 aromatic heterocycles. The van der Waals surface area contributed by atoms with Crippen molar-refractivity contribution in [2.24, 2.45) is 11.1 Å². The van der Waals surface area contributed by atoms with Gasteiger partial charge in [-0.25, -0.2) is 9.97 Å². The molecule has 0 bridgehead atoms. The lowest BCUT2D eigenvalue weighted by Crippen LogP contribution is -2.35. The Balaban J connectivity index is 1.70. The van der Waals surface area contributed by atoms with Gasteiger partial charge in [-0.3, -0.25) is 14.8 Å². The van der Waals surface area contributed by atoms with Gasteiger partial charge in [-0.1, -0.05) is 6.07 Å². The summed E-state index contributed by atoms with van der Waals surface area (Å²) in [5, 5.41) is 6.42. The Hall–Kier alpha value is -2.62. The van der Waals surface area contributed by atoms with E-state index in [0.717, 1.165) is 61.3 Å². The molecule has 3 heterocycles.